The number of hydrogen-bond acceptors (Lipinski definition) is 5. The van der Waals surface area contributed by atoms with Crippen LogP contribution in [0.5, 0.6) is 0 Å². The van der Waals surface area contributed by atoms with E-state index in [1.165, 1.54) is 0 Å². The number of aliphatic hydroxyl groups excluding tert-OH is 2. The van der Waals surface area contributed by atoms with E-state index in [2.05, 4.69) is 0 Å². The Morgan fingerprint density at radius 1 is 1.07 bits per heavy atom. The summed E-state index contributed by atoms with van der Waals surface area (Å²) in [5.41, 5.74) is 9.56. The molecule has 0 radical (unpaired) electrons. The normalized spacial score (nSPS) is 9.53. The first kappa shape index (κ1) is 20.7. The third-order valence-electron chi connectivity index (χ3n) is 0.634. The molecule has 7 nitrogen and oxygen atoms in total. The van der Waals surface area contributed by atoms with Crippen molar-refractivity contribution in [2.45, 2.75) is 0 Å². The second-order valence-corrected chi connectivity index (χ2v) is 4.26. The van der Waals surface area contributed by atoms with Crippen molar-refractivity contribution in [1.82, 2.24) is 0 Å². The van der Waals surface area contributed by atoms with Crippen molar-refractivity contribution < 1.29 is 24.6 Å². The minimum absolute atomic E-state index is 0.0181. The first-order chi connectivity index (χ1) is 6.89. The van der Waals surface area contributed by atoms with Crippen LogP contribution in [0.4, 0.5) is 0 Å². The van der Waals surface area contributed by atoms with Crippen LogP contribution in [0.15, 0.2) is 0 Å². The molecule has 0 aliphatic heterocycles. The van der Waals surface area contributed by atoms with Crippen LogP contribution >= 0.6 is 19.2 Å². The maximum atomic E-state index is 9.84. The quantitative estimate of drug-likeness (QED) is 0.262. The van der Waals surface area contributed by atoms with E-state index in [4.69, 9.17) is 43.1 Å². The number of nitrogens with two attached hydrogens (primary N) is 2. The zero-order valence-corrected chi connectivity index (χ0v) is 10.1. The fraction of sp³-hybridized carbons (Fsp3) is 1.00. The molecule has 0 aromatic rings. The molecule has 8 N–H and O–H groups in total. The molecule has 15 heavy (non-hydrogen) atoms. The summed E-state index contributed by atoms with van der Waals surface area (Å²) in [5, 5.41) is 15.5. The average Bonchev–Trinajstić information content (AvgIpc) is 2.17. The van der Waals surface area contributed by atoms with E-state index in [0.717, 1.165) is 0 Å². The van der Waals surface area contributed by atoms with Crippen LogP contribution in [0.3, 0.4) is 0 Å². The van der Waals surface area contributed by atoms with Gasteiger partial charge >= 0.3 is 7.60 Å². The Hall–Kier alpha value is 0.280. The van der Waals surface area contributed by atoms with Crippen molar-refractivity contribution >= 4 is 19.2 Å². The largest absolute Gasteiger partial charge is 0.395 e. The summed E-state index contributed by atoms with van der Waals surface area (Å²) in [6, 6.07) is 0. The molecular formula is C6H20ClN2O5P. The number of alkyl halides is 1. The third kappa shape index (κ3) is 54.6. The van der Waals surface area contributed by atoms with Gasteiger partial charge in [-0.15, -0.1) is 11.6 Å². The van der Waals surface area contributed by atoms with Gasteiger partial charge in [0.25, 0.3) is 0 Å². The number of aliphatic hydroxyl groups is 2. The Bertz CT molecular complexity index is 137. The zero-order valence-electron chi connectivity index (χ0n) is 8.42. The van der Waals surface area contributed by atoms with E-state index in [1.54, 1.807) is 0 Å². The lowest BCUT2D eigenvalue weighted by atomic mass is 10.8. The van der Waals surface area contributed by atoms with Crippen LogP contribution in [0.1, 0.15) is 0 Å². The van der Waals surface area contributed by atoms with Crippen LogP contribution in [-0.2, 0) is 4.57 Å². The molecule has 0 aromatic heterocycles. The highest BCUT2D eigenvalue weighted by molar-refractivity contribution is 7.51. The smallest absolute Gasteiger partial charge is 0.326 e. The van der Waals surface area contributed by atoms with Crippen molar-refractivity contribution in [3.63, 3.8) is 0 Å². The first-order valence-corrected chi connectivity index (χ1v) is 6.45. The minimum atomic E-state index is -3.80. The van der Waals surface area contributed by atoms with Crippen LogP contribution in [0, 0.1) is 0 Å². The van der Waals surface area contributed by atoms with Gasteiger partial charge in [0.05, 0.1) is 19.4 Å². The van der Waals surface area contributed by atoms with Crippen molar-refractivity contribution in [3.05, 3.63) is 0 Å². The maximum absolute atomic E-state index is 9.84. The van der Waals surface area contributed by atoms with E-state index in [1.807, 2.05) is 0 Å². The highest BCUT2D eigenvalue weighted by Gasteiger charge is 2.09. The second-order valence-electron chi connectivity index (χ2n) is 2.10. The highest BCUT2D eigenvalue weighted by Crippen LogP contribution is 2.33. The van der Waals surface area contributed by atoms with E-state index in [-0.39, 0.29) is 25.3 Å². The molecule has 96 valence electrons. The monoisotopic (exact) mass is 266 g/mol. The Morgan fingerprint density at radius 2 is 1.33 bits per heavy atom. The minimum Gasteiger partial charge on any atom is -0.395 e. The van der Waals surface area contributed by atoms with Crippen molar-refractivity contribution in [2.75, 3.05) is 38.3 Å². The molecule has 0 amide bonds. The molecular weight excluding hydrogens is 247 g/mol. The highest BCUT2D eigenvalue weighted by atomic mass is 35.5. The maximum Gasteiger partial charge on any atom is 0.326 e. The van der Waals surface area contributed by atoms with Gasteiger partial charge in [-0.3, -0.25) is 4.57 Å². The predicted octanol–water partition coefficient (Wildman–Crippen LogP) is -1.72. The molecule has 0 rings (SSSR count). The van der Waals surface area contributed by atoms with E-state index < -0.39 is 7.60 Å². The van der Waals surface area contributed by atoms with Gasteiger partial charge in [0.1, 0.15) is 0 Å². The Morgan fingerprint density at radius 3 is 1.33 bits per heavy atom. The van der Waals surface area contributed by atoms with Crippen LogP contribution in [0.2, 0.25) is 0 Å². The molecule has 0 unspecified atom stereocenters. The lowest BCUT2D eigenvalue weighted by molar-refractivity contribution is 0.306. The SMILES string of the molecule is NCCO.NCCO.O=P(O)(O)CCCl. The second kappa shape index (κ2) is 16.7. The molecule has 0 fully saturated rings. The lowest BCUT2D eigenvalue weighted by Crippen LogP contribution is -2.02. The first-order valence-electron chi connectivity index (χ1n) is 4.12. The Balaban J connectivity index is -0.000000155. The Labute approximate surface area is 94.2 Å². The zero-order chi connectivity index (χ0) is 12.7. The van der Waals surface area contributed by atoms with Crippen LogP contribution < -0.4 is 11.5 Å². The lowest BCUT2D eigenvalue weighted by Gasteiger charge is -1.95. The molecule has 0 heterocycles. The summed E-state index contributed by atoms with van der Waals surface area (Å²) >= 11 is 4.99. The fourth-order valence-electron chi connectivity index (χ4n) is 0.110. The molecule has 0 aliphatic rings. The van der Waals surface area contributed by atoms with Crippen molar-refractivity contribution in [3.8, 4) is 0 Å². The van der Waals surface area contributed by atoms with Crippen LogP contribution in [0.25, 0.3) is 0 Å². The van der Waals surface area contributed by atoms with Crippen LogP contribution in [-0.4, -0.2) is 58.3 Å². The third-order valence-corrected chi connectivity index (χ3v) is 1.89. The topological polar surface area (TPSA) is 150 Å². The summed E-state index contributed by atoms with van der Waals surface area (Å²) in [4.78, 5) is 16.1. The van der Waals surface area contributed by atoms with E-state index >= 15 is 0 Å². The Kier molecular flexibility index (Phi) is 23.0. The summed E-state index contributed by atoms with van der Waals surface area (Å²) in [7, 11) is -3.80. The van der Waals surface area contributed by atoms with Crippen molar-refractivity contribution in [2.24, 2.45) is 11.5 Å². The van der Waals surface area contributed by atoms with Gasteiger partial charge in [0.2, 0.25) is 0 Å². The fourth-order valence-corrected chi connectivity index (χ4v) is 0.991. The molecule has 0 aliphatic carbocycles. The molecule has 0 aromatic carbocycles. The average molecular weight is 267 g/mol. The van der Waals surface area contributed by atoms with Gasteiger partial charge in [-0.25, -0.2) is 0 Å². The summed E-state index contributed by atoms with van der Waals surface area (Å²) in [6.07, 6.45) is -0.228. The molecule has 0 spiro atoms. The number of hydrogen-bond donors (Lipinski definition) is 6. The number of halogens is 1. The van der Waals surface area contributed by atoms with Gasteiger partial charge in [0.15, 0.2) is 0 Å². The van der Waals surface area contributed by atoms with Gasteiger partial charge in [-0.05, 0) is 0 Å². The molecule has 0 atom stereocenters. The molecule has 0 saturated heterocycles. The van der Waals surface area contributed by atoms with Gasteiger partial charge in [-0.1, -0.05) is 0 Å². The van der Waals surface area contributed by atoms with Crippen molar-refractivity contribution in [1.29, 1.82) is 0 Å². The predicted molar refractivity (Wildman–Crippen MR) is 59.9 cm³/mol. The van der Waals surface area contributed by atoms with E-state index in [9.17, 15) is 4.57 Å². The molecule has 0 bridgehead atoms. The van der Waals surface area contributed by atoms with Gasteiger partial charge < -0.3 is 31.5 Å². The summed E-state index contributed by atoms with van der Waals surface area (Å²) in [6.45, 7) is 0.944. The summed E-state index contributed by atoms with van der Waals surface area (Å²) < 4.78 is 9.84. The number of rotatable bonds is 4. The molecule has 9 heteroatoms. The van der Waals surface area contributed by atoms with E-state index in [0.29, 0.717) is 13.1 Å². The summed E-state index contributed by atoms with van der Waals surface area (Å²) in [5.74, 6) is 0.0181. The standard InChI is InChI=1S/C2H6ClO3P.2C2H7NO/c3-1-2-7(4,5)6;2*3-1-2-4/h1-2H2,(H2,4,5,6);2*4H,1-3H2. The molecule has 0 saturated carbocycles. The van der Waals surface area contributed by atoms with Gasteiger partial charge in [-0.2, -0.15) is 0 Å². The van der Waals surface area contributed by atoms with Gasteiger partial charge in [0, 0.05) is 19.0 Å².